The SMILES string of the molecule is Cc1ncc(C(=O)NCCN2CCCC2)cc1NC(=O)c1cnn2cc(-c3cnn(C)c3C)sc12. The molecule has 0 radical (unpaired) electrons. The fourth-order valence-electron chi connectivity index (χ4n) is 4.22. The minimum Gasteiger partial charge on any atom is -0.351 e. The molecule has 5 heterocycles. The Kier molecular flexibility index (Phi) is 6.35. The van der Waals surface area contributed by atoms with Crippen molar-refractivity contribution in [2.24, 2.45) is 7.05 Å². The number of carbonyl (C=O) groups excluding carboxylic acids is 2. The zero-order valence-corrected chi connectivity index (χ0v) is 20.9. The standard InChI is InChI=1S/C24H28N8O2S/c1-15-20(10-17(11-26-15)22(33)25-6-9-31-7-4-5-8-31)29-23(34)19-13-28-32-14-21(35-24(19)32)18-12-27-30(3)16(18)2/h10-14H,4-9H2,1-3H3,(H,25,33)(H,29,34). The number of hydrogen-bond donors (Lipinski definition) is 2. The molecule has 1 aliphatic rings. The molecule has 0 aromatic carbocycles. The molecule has 11 heteroatoms. The monoisotopic (exact) mass is 492 g/mol. The van der Waals surface area contributed by atoms with Crippen molar-refractivity contribution in [2.75, 3.05) is 31.5 Å². The van der Waals surface area contributed by atoms with E-state index in [0.717, 1.165) is 40.6 Å². The normalized spacial score (nSPS) is 14.0. The van der Waals surface area contributed by atoms with Gasteiger partial charge in [-0.2, -0.15) is 10.2 Å². The van der Waals surface area contributed by atoms with Crippen LogP contribution in [-0.2, 0) is 7.05 Å². The van der Waals surface area contributed by atoms with Gasteiger partial charge in [0, 0.05) is 43.8 Å². The Balaban J connectivity index is 1.30. The predicted molar refractivity (Wildman–Crippen MR) is 135 cm³/mol. The molecule has 1 aliphatic heterocycles. The van der Waals surface area contributed by atoms with E-state index in [-0.39, 0.29) is 11.8 Å². The number of thiazole rings is 1. The second kappa shape index (κ2) is 9.59. The van der Waals surface area contributed by atoms with Crippen LogP contribution in [0, 0.1) is 13.8 Å². The van der Waals surface area contributed by atoms with Gasteiger partial charge in [-0.1, -0.05) is 0 Å². The third-order valence-electron chi connectivity index (χ3n) is 6.45. The van der Waals surface area contributed by atoms with Gasteiger partial charge in [0.05, 0.1) is 39.8 Å². The summed E-state index contributed by atoms with van der Waals surface area (Å²) >= 11 is 1.48. The van der Waals surface area contributed by atoms with Gasteiger partial charge < -0.3 is 15.5 Å². The quantitative estimate of drug-likeness (QED) is 0.411. The number of aryl methyl sites for hydroxylation is 2. The molecule has 182 valence electrons. The molecule has 0 atom stereocenters. The number of aromatic nitrogens is 5. The number of nitrogens with one attached hydrogen (secondary N) is 2. The zero-order chi connectivity index (χ0) is 24.5. The van der Waals surface area contributed by atoms with Crippen molar-refractivity contribution in [2.45, 2.75) is 26.7 Å². The first kappa shape index (κ1) is 23.2. The smallest absolute Gasteiger partial charge is 0.260 e. The van der Waals surface area contributed by atoms with E-state index in [1.807, 2.05) is 31.0 Å². The molecule has 4 aromatic rings. The van der Waals surface area contributed by atoms with Gasteiger partial charge in [0.2, 0.25) is 0 Å². The van der Waals surface area contributed by atoms with Gasteiger partial charge in [-0.15, -0.1) is 11.3 Å². The topological polar surface area (TPSA) is 109 Å². The van der Waals surface area contributed by atoms with Crippen LogP contribution in [0.2, 0.25) is 0 Å². The molecule has 1 fully saturated rings. The molecule has 0 aliphatic carbocycles. The number of fused-ring (bicyclic) bond motifs is 1. The summed E-state index contributed by atoms with van der Waals surface area (Å²) in [6.07, 6.45) is 9.25. The minimum atomic E-state index is -0.298. The van der Waals surface area contributed by atoms with Crippen LogP contribution < -0.4 is 10.6 Å². The van der Waals surface area contributed by atoms with Gasteiger partial charge in [0.15, 0.2) is 0 Å². The summed E-state index contributed by atoms with van der Waals surface area (Å²) in [5, 5.41) is 14.5. The van der Waals surface area contributed by atoms with Gasteiger partial charge in [0.1, 0.15) is 4.83 Å². The van der Waals surface area contributed by atoms with E-state index in [1.54, 1.807) is 23.7 Å². The first-order chi connectivity index (χ1) is 16.9. The van der Waals surface area contributed by atoms with Crippen molar-refractivity contribution in [1.82, 2.24) is 34.6 Å². The number of anilines is 1. The predicted octanol–water partition coefficient (Wildman–Crippen LogP) is 2.89. The maximum atomic E-state index is 13.2. The number of likely N-dealkylation sites (tertiary alicyclic amines) is 1. The Morgan fingerprint density at radius 2 is 1.89 bits per heavy atom. The Bertz CT molecular complexity index is 1400. The van der Waals surface area contributed by atoms with Crippen LogP contribution in [-0.4, -0.2) is 67.3 Å². The Morgan fingerprint density at radius 3 is 2.63 bits per heavy atom. The van der Waals surface area contributed by atoms with E-state index in [2.05, 4.69) is 30.7 Å². The average Bonchev–Trinajstić information content (AvgIpc) is 3.62. The molecule has 4 aromatic heterocycles. The molecule has 0 saturated carbocycles. The van der Waals surface area contributed by atoms with Crippen molar-refractivity contribution in [3.05, 3.63) is 53.4 Å². The van der Waals surface area contributed by atoms with Crippen LogP contribution in [0.5, 0.6) is 0 Å². The lowest BCUT2D eigenvalue weighted by molar-refractivity contribution is 0.0948. The summed E-state index contributed by atoms with van der Waals surface area (Å²) in [7, 11) is 1.90. The molecular weight excluding hydrogens is 464 g/mol. The van der Waals surface area contributed by atoms with Gasteiger partial charge in [0.25, 0.3) is 11.8 Å². The fraction of sp³-hybridized carbons (Fsp3) is 0.375. The Morgan fingerprint density at radius 1 is 1.09 bits per heavy atom. The molecule has 35 heavy (non-hydrogen) atoms. The van der Waals surface area contributed by atoms with E-state index in [1.165, 1.54) is 30.4 Å². The van der Waals surface area contributed by atoms with Crippen LogP contribution in [0.15, 0.2) is 30.9 Å². The largest absolute Gasteiger partial charge is 0.351 e. The summed E-state index contributed by atoms with van der Waals surface area (Å²) in [4.78, 5) is 34.2. The second-order valence-electron chi connectivity index (χ2n) is 8.79. The number of pyridine rings is 1. The highest BCUT2D eigenvalue weighted by atomic mass is 32.1. The molecule has 5 rings (SSSR count). The highest BCUT2D eigenvalue weighted by Crippen LogP contribution is 2.32. The molecule has 0 bridgehead atoms. The van der Waals surface area contributed by atoms with E-state index in [4.69, 9.17) is 0 Å². The Hall–Kier alpha value is -3.57. The van der Waals surface area contributed by atoms with Crippen molar-refractivity contribution in [3.63, 3.8) is 0 Å². The lowest BCUT2D eigenvalue weighted by Gasteiger charge is -2.15. The summed E-state index contributed by atoms with van der Waals surface area (Å²) in [5.74, 6) is -0.498. The average molecular weight is 493 g/mol. The van der Waals surface area contributed by atoms with Crippen LogP contribution in [0.1, 0.15) is 44.9 Å². The highest BCUT2D eigenvalue weighted by molar-refractivity contribution is 7.21. The van der Waals surface area contributed by atoms with Crippen LogP contribution in [0.3, 0.4) is 0 Å². The fourth-order valence-corrected chi connectivity index (χ4v) is 5.34. The molecule has 10 nitrogen and oxygen atoms in total. The number of hydrogen-bond acceptors (Lipinski definition) is 7. The van der Waals surface area contributed by atoms with Crippen molar-refractivity contribution < 1.29 is 9.59 Å². The van der Waals surface area contributed by atoms with Crippen molar-refractivity contribution >= 4 is 33.7 Å². The maximum Gasteiger partial charge on any atom is 0.260 e. The zero-order valence-electron chi connectivity index (χ0n) is 20.0. The van der Waals surface area contributed by atoms with Crippen LogP contribution in [0.4, 0.5) is 5.69 Å². The lowest BCUT2D eigenvalue weighted by Crippen LogP contribution is -2.33. The molecule has 1 saturated heterocycles. The number of rotatable bonds is 7. The van der Waals surface area contributed by atoms with Gasteiger partial charge in [-0.3, -0.25) is 19.3 Å². The molecular formula is C24H28N8O2S. The highest BCUT2D eigenvalue weighted by Gasteiger charge is 2.20. The molecule has 0 spiro atoms. The van der Waals surface area contributed by atoms with Gasteiger partial charge in [-0.05, 0) is 45.8 Å². The summed E-state index contributed by atoms with van der Waals surface area (Å²) < 4.78 is 3.52. The van der Waals surface area contributed by atoms with E-state index < -0.39 is 0 Å². The first-order valence-corrected chi connectivity index (χ1v) is 12.5. The summed E-state index contributed by atoms with van der Waals surface area (Å²) in [6, 6.07) is 1.67. The third kappa shape index (κ3) is 4.69. The lowest BCUT2D eigenvalue weighted by atomic mass is 10.2. The van der Waals surface area contributed by atoms with E-state index >= 15 is 0 Å². The third-order valence-corrected chi connectivity index (χ3v) is 7.60. The van der Waals surface area contributed by atoms with Crippen LogP contribution >= 0.6 is 11.3 Å². The number of carbonyl (C=O) groups is 2. The van der Waals surface area contributed by atoms with E-state index in [9.17, 15) is 9.59 Å². The van der Waals surface area contributed by atoms with Crippen molar-refractivity contribution in [1.29, 1.82) is 0 Å². The molecule has 0 unspecified atom stereocenters. The van der Waals surface area contributed by atoms with Gasteiger partial charge >= 0.3 is 0 Å². The maximum absolute atomic E-state index is 13.2. The first-order valence-electron chi connectivity index (χ1n) is 11.7. The number of amides is 2. The number of nitrogens with zero attached hydrogens (tertiary/aromatic N) is 6. The van der Waals surface area contributed by atoms with Gasteiger partial charge in [-0.25, -0.2) is 4.52 Å². The van der Waals surface area contributed by atoms with Crippen LogP contribution in [0.25, 0.3) is 15.3 Å². The van der Waals surface area contributed by atoms with E-state index in [0.29, 0.717) is 29.1 Å². The molecule has 2 amide bonds. The van der Waals surface area contributed by atoms with Crippen molar-refractivity contribution in [3.8, 4) is 10.4 Å². The summed E-state index contributed by atoms with van der Waals surface area (Å²) in [5.41, 5.74) is 4.06. The minimum absolute atomic E-state index is 0.199. The second-order valence-corrected chi connectivity index (χ2v) is 9.82. The molecule has 2 N–H and O–H groups in total. The summed E-state index contributed by atoms with van der Waals surface area (Å²) in [6.45, 7) is 7.41. The Labute approximate surface area is 207 Å².